The molecule has 1 heterocycles. The van der Waals surface area contributed by atoms with Crippen LogP contribution < -0.4 is 9.47 Å². The third-order valence-corrected chi connectivity index (χ3v) is 4.90. The van der Waals surface area contributed by atoms with E-state index in [1.807, 2.05) is 26.0 Å². The molecule has 0 amide bonds. The summed E-state index contributed by atoms with van der Waals surface area (Å²) in [5, 5.41) is 0.526. The number of hydrogen-bond donors (Lipinski definition) is 0. The summed E-state index contributed by atoms with van der Waals surface area (Å²) < 4.78 is 27.0. The van der Waals surface area contributed by atoms with Crippen LogP contribution in [-0.4, -0.2) is 23.6 Å². The molecule has 3 rings (SSSR count). The van der Waals surface area contributed by atoms with E-state index >= 15 is 0 Å². The Morgan fingerprint density at radius 1 is 1.10 bits per heavy atom. The molecule has 0 radical (unpaired) electrons. The van der Waals surface area contributed by atoms with E-state index in [9.17, 15) is 14.0 Å². The Morgan fingerprint density at radius 2 is 1.76 bits per heavy atom. The number of aromatic nitrogens is 1. The second kappa shape index (κ2) is 8.07. The quantitative estimate of drug-likeness (QED) is 0.570. The van der Waals surface area contributed by atoms with Crippen molar-refractivity contribution in [2.75, 3.05) is 7.11 Å². The molecule has 0 fully saturated rings. The van der Waals surface area contributed by atoms with E-state index in [0.29, 0.717) is 34.1 Å². The number of fused-ring (bicyclic) bond motifs is 1. The molecule has 0 N–H and O–H groups in total. The minimum atomic E-state index is -0.562. The van der Waals surface area contributed by atoms with E-state index in [1.54, 1.807) is 19.1 Å². The Hall–Kier alpha value is -3.15. The standard InChI is InChI=1S/C23H24FNO4/c1-6-7-17-20-19(12-18(24)22(17)28-5)25(14(3)21(20)29-15(4)26)23(27)16-10-8-13(2)9-11-16/h8-12H,6-7H2,1-5H3. The van der Waals surface area contributed by atoms with Crippen LogP contribution in [0.15, 0.2) is 30.3 Å². The summed E-state index contributed by atoms with van der Waals surface area (Å²) in [5.41, 5.74) is 2.85. The van der Waals surface area contributed by atoms with Gasteiger partial charge in [-0.15, -0.1) is 0 Å². The lowest BCUT2D eigenvalue weighted by atomic mass is 10.0. The van der Waals surface area contributed by atoms with Gasteiger partial charge in [0.2, 0.25) is 0 Å². The minimum absolute atomic E-state index is 0.104. The van der Waals surface area contributed by atoms with Crippen molar-refractivity contribution >= 4 is 22.8 Å². The highest BCUT2D eigenvalue weighted by atomic mass is 19.1. The van der Waals surface area contributed by atoms with Crippen molar-refractivity contribution in [2.45, 2.75) is 40.5 Å². The number of esters is 1. The van der Waals surface area contributed by atoms with Crippen LogP contribution in [0, 0.1) is 19.7 Å². The van der Waals surface area contributed by atoms with E-state index in [1.165, 1.54) is 24.7 Å². The predicted octanol–water partition coefficient (Wildman–Crippen LogP) is 4.97. The van der Waals surface area contributed by atoms with Crippen molar-refractivity contribution in [1.82, 2.24) is 4.57 Å². The van der Waals surface area contributed by atoms with Crippen molar-refractivity contribution < 1.29 is 23.5 Å². The highest BCUT2D eigenvalue weighted by Crippen LogP contribution is 2.41. The Bertz CT molecular complexity index is 1100. The number of aryl methyl sites for hydroxylation is 2. The summed E-state index contributed by atoms with van der Waals surface area (Å²) >= 11 is 0. The van der Waals surface area contributed by atoms with Gasteiger partial charge in [0.1, 0.15) is 0 Å². The van der Waals surface area contributed by atoms with E-state index in [4.69, 9.17) is 9.47 Å². The molecule has 5 nitrogen and oxygen atoms in total. The Balaban J connectivity index is 2.38. The number of ether oxygens (including phenoxy) is 2. The summed E-state index contributed by atoms with van der Waals surface area (Å²) in [6.07, 6.45) is 1.23. The molecule has 1 aromatic heterocycles. The first-order chi connectivity index (χ1) is 13.8. The average Bonchev–Trinajstić information content (AvgIpc) is 2.93. The number of nitrogens with zero attached hydrogens (tertiary/aromatic N) is 1. The predicted molar refractivity (Wildman–Crippen MR) is 109 cm³/mol. The van der Waals surface area contributed by atoms with Crippen LogP contribution in [0.3, 0.4) is 0 Å². The number of rotatable bonds is 5. The molecule has 0 aliphatic heterocycles. The smallest absolute Gasteiger partial charge is 0.308 e. The van der Waals surface area contributed by atoms with Gasteiger partial charge in [-0.2, -0.15) is 0 Å². The van der Waals surface area contributed by atoms with Gasteiger partial charge in [0.05, 0.1) is 23.7 Å². The molecule has 0 aliphatic rings. The minimum Gasteiger partial charge on any atom is -0.493 e. The zero-order valence-electron chi connectivity index (χ0n) is 17.3. The van der Waals surface area contributed by atoms with Crippen LogP contribution in [0.2, 0.25) is 0 Å². The van der Waals surface area contributed by atoms with E-state index < -0.39 is 11.8 Å². The van der Waals surface area contributed by atoms with Crippen molar-refractivity contribution in [2.24, 2.45) is 0 Å². The third kappa shape index (κ3) is 3.62. The SMILES string of the molecule is CCCc1c(OC)c(F)cc2c1c(OC(C)=O)c(C)n2C(=O)c1ccc(C)cc1. The van der Waals surface area contributed by atoms with Crippen LogP contribution in [0.25, 0.3) is 10.9 Å². The van der Waals surface area contributed by atoms with Crippen LogP contribution in [0.1, 0.15) is 47.4 Å². The number of hydrogen-bond acceptors (Lipinski definition) is 4. The molecular weight excluding hydrogens is 373 g/mol. The molecule has 0 saturated heterocycles. The number of benzene rings is 2. The molecule has 6 heteroatoms. The maximum Gasteiger partial charge on any atom is 0.308 e. The largest absolute Gasteiger partial charge is 0.493 e. The van der Waals surface area contributed by atoms with Gasteiger partial charge in [0.25, 0.3) is 5.91 Å². The summed E-state index contributed by atoms with van der Waals surface area (Å²) in [6.45, 7) is 6.88. The first-order valence-electron chi connectivity index (χ1n) is 9.50. The molecule has 0 spiro atoms. The Labute approximate surface area is 169 Å². The van der Waals surface area contributed by atoms with Crippen molar-refractivity contribution in [3.05, 3.63) is 58.5 Å². The maximum absolute atomic E-state index is 14.8. The number of halogens is 1. The van der Waals surface area contributed by atoms with Crippen molar-refractivity contribution in [3.8, 4) is 11.5 Å². The topological polar surface area (TPSA) is 57.5 Å². The normalized spacial score (nSPS) is 11.0. The van der Waals surface area contributed by atoms with Crippen LogP contribution in [0.4, 0.5) is 4.39 Å². The molecule has 3 aromatic rings. The van der Waals surface area contributed by atoms with Gasteiger partial charge in [-0.3, -0.25) is 14.2 Å². The third-order valence-electron chi connectivity index (χ3n) is 4.90. The first-order valence-corrected chi connectivity index (χ1v) is 9.50. The molecule has 29 heavy (non-hydrogen) atoms. The number of carbonyl (C=O) groups excluding carboxylic acids is 2. The van der Waals surface area contributed by atoms with E-state index in [-0.39, 0.29) is 17.4 Å². The van der Waals surface area contributed by atoms with Gasteiger partial charge in [-0.1, -0.05) is 31.0 Å². The van der Waals surface area contributed by atoms with Crippen molar-refractivity contribution in [3.63, 3.8) is 0 Å². The summed E-state index contributed by atoms with van der Waals surface area (Å²) in [6, 6.07) is 8.39. The maximum atomic E-state index is 14.8. The molecule has 2 aromatic carbocycles. The summed E-state index contributed by atoms with van der Waals surface area (Å²) in [7, 11) is 1.40. The molecule has 152 valence electrons. The zero-order valence-corrected chi connectivity index (χ0v) is 17.3. The molecule has 0 bridgehead atoms. The first kappa shape index (κ1) is 20.6. The van der Waals surface area contributed by atoms with E-state index in [2.05, 4.69) is 0 Å². The summed E-state index contributed by atoms with van der Waals surface area (Å²) in [4.78, 5) is 25.1. The second-order valence-corrected chi connectivity index (χ2v) is 7.03. The monoisotopic (exact) mass is 397 g/mol. The number of methoxy groups -OCH3 is 1. The lowest BCUT2D eigenvalue weighted by molar-refractivity contribution is -0.131. The fourth-order valence-electron chi connectivity index (χ4n) is 3.63. The highest BCUT2D eigenvalue weighted by molar-refractivity contribution is 6.07. The average molecular weight is 397 g/mol. The number of carbonyl (C=O) groups is 2. The molecule has 0 aliphatic carbocycles. The van der Waals surface area contributed by atoms with Crippen LogP contribution in [0.5, 0.6) is 11.5 Å². The van der Waals surface area contributed by atoms with Gasteiger partial charge in [-0.05, 0) is 32.4 Å². The van der Waals surface area contributed by atoms with Crippen molar-refractivity contribution in [1.29, 1.82) is 0 Å². The van der Waals surface area contributed by atoms with Crippen LogP contribution >= 0.6 is 0 Å². The Morgan fingerprint density at radius 3 is 2.31 bits per heavy atom. The van der Waals surface area contributed by atoms with Gasteiger partial charge >= 0.3 is 5.97 Å². The van der Waals surface area contributed by atoms with Gasteiger partial charge in [0.15, 0.2) is 17.3 Å². The Kier molecular flexibility index (Phi) is 5.73. The molecule has 0 unspecified atom stereocenters. The lowest BCUT2D eigenvalue weighted by Crippen LogP contribution is -2.14. The summed E-state index contributed by atoms with van der Waals surface area (Å²) in [5.74, 6) is -1.03. The van der Waals surface area contributed by atoms with Gasteiger partial charge in [0, 0.05) is 24.1 Å². The van der Waals surface area contributed by atoms with Gasteiger partial charge < -0.3 is 9.47 Å². The fourth-order valence-corrected chi connectivity index (χ4v) is 3.63. The highest BCUT2D eigenvalue weighted by Gasteiger charge is 2.27. The van der Waals surface area contributed by atoms with E-state index in [0.717, 1.165) is 12.0 Å². The lowest BCUT2D eigenvalue weighted by Gasteiger charge is -2.12. The molecule has 0 saturated carbocycles. The zero-order chi connectivity index (χ0) is 21.3. The molecule has 0 atom stereocenters. The second-order valence-electron chi connectivity index (χ2n) is 7.03. The van der Waals surface area contributed by atoms with Crippen LogP contribution in [-0.2, 0) is 11.2 Å². The fraction of sp³-hybridized carbons (Fsp3) is 0.304. The molecular formula is C23H24FNO4. The van der Waals surface area contributed by atoms with Gasteiger partial charge in [-0.25, -0.2) is 4.39 Å².